The first-order chi connectivity index (χ1) is 9.75. The summed E-state index contributed by atoms with van der Waals surface area (Å²) in [5, 5.41) is 18.2. The van der Waals surface area contributed by atoms with E-state index in [9.17, 15) is 9.50 Å². The number of hydrogen-bond acceptors (Lipinski definition) is 3. The Hall–Kier alpha value is -2.53. The molecule has 20 heavy (non-hydrogen) atoms. The minimum Gasteiger partial charge on any atom is -0.382 e. The summed E-state index contributed by atoms with van der Waals surface area (Å²) < 4.78 is 14.8. The van der Waals surface area contributed by atoms with Crippen molar-refractivity contribution < 1.29 is 9.50 Å². The summed E-state index contributed by atoms with van der Waals surface area (Å²) in [7, 11) is 0. The summed E-state index contributed by atoms with van der Waals surface area (Å²) in [6.07, 6.45) is 0.490. The van der Waals surface area contributed by atoms with Gasteiger partial charge in [0.05, 0.1) is 17.6 Å². The summed E-state index contributed by atoms with van der Waals surface area (Å²) in [5.41, 5.74) is 1.74. The number of halogens is 1. The maximum atomic E-state index is 13.2. The average Bonchev–Trinajstić information content (AvgIpc) is 2.97. The SMILES string of the molecule is OC(c1cccc(F)c1)c1cnnn1-c1ccccc1. The van der Waals surface area contributed by atoms with Crippen LogP contribution in [0.3, 0.4) is 0 Å². The highest BCUT2D eigenvalue weighted by atomic mass is 19.1. The van der Waals surface area contributed by atoms with Gasteiger partial charge in [0.2, 0.25) is 0 Å². The van der Waals surface area contributed by atoms with Crippen LogP contribution in [0.4, 0.5) is 4.39 Å². The molecule has 0 spiro atoms. The first kappa shape index (κ1) is 12.5. The third-order valence-corrected chi connectivity index (χ3v) is 3.02. The van der Waals surface area contributed by atoms with Crippen molar-refractivity contribution in [1.82, 2.24) is 15.0 Å². The van der Waals surface area contributed by atoms with Crippen LogP contribution < -0.4 is 0 Å². The lowest BCUT2D eigenvalue weighted by atomic mass is 10.1. The number of para-hydroxylation sites is 1. The number of aliphatic hydroxyl groups is 1. The lowest BCUT2D eigenvalue weighted by Crippen LogP contribution is -2.08. The molecule has 5 heteroatoms. The monoisotopic (exact) mass is 269 g/mol. The zero-order valence-corrected chi connectivity index (χ0v) is 10.5. The summed E-state index contributed by atoms with van der Waals surface area (Å²) in [5.74, 6) is -0.389. The molecule has 4 nitrogen and oxygen atoms in total. The van der Waals surface area contributed by atoms with Crippen LogP contribution in [0.25, 0.3) is 5.69 Å². The van der Waals surface area contributed by atoms with Crippen molar-refractivity contribution in [3.8, 4) is 5.69 Å². The van der Waals surface area contributed by atoms with Gasteiger partial charge < -0.3 is 5.11 Å². The highest BCUT2D eigenvalue weighted by Gasteiger charge is 2.17. The van der Waals surface area contributed by atoms with Gasteiger partial charge >= 0.3 is 0 Å². The average molecular weight is 269 g/mol. The summed E-state index contributed by atoms with van der Waals surface area (Å²) in [6.45, 7) is 0. The molecule has 2 aromatic carbocycles. The minimum absolute atomic E-state index is 0.389. The molecular formula is C15H12FN3O. The van der Waals surface area contributed by atoms with Crippen LogP contribution in [0, 0.1) is 5.82 Å². The van der Waals surface area contributed by atoms with Gasteiger partial charge in [0, 0.05) is 0 Å². The van der Waals surface area contributed by atoms with E-state index < -0.39 is 6.10 Å². The Kier molecular flexibility index (Phi) is 3.26. The molecule has 100 valence electrons. The van der Waals surface area contributed by atoms with Crippen molar-refractivity contribution in [3.05, 3.63) is 77.9 Å². The fourth-order valence-electron chi connectivity index (χ4n) is 2.05. The zero-order chi connectivity index (χ0) is 13.9. The van der Waals surface area contributed by atoms with E-state index >= 15 is 0 Å². The Bertz CT molecular complexity index is 712. The quantitative estimate of drug-likeness (QED) is 0.794. The number of rotatable bonds is 3. The first-order valence-electron chi connectivity index (χ1n) is 6.15. The Morgan fingerprint density at radius 3 is 2.60 bits per heavy atom. The predicted octanol–water partition coefficient (Wildman–Crippen LogP) is 2.49. The van der Waals surface area contributed by atoms with Gasteiger partial charge in [0.1, 0.15) is 11.9 Å². The molecule has 0 radical (unpaired) electrons. The number of aliphatic hydroxyl groups excluding tert-OH is 1. The van der Waals surface area contributed by atoms with E-state index in [4.69, 9.17) is 0 Å². The molecule has 1 heterocycles. The van der Waals surface area contributed by atoms with E-state index in [0.717, 1.165) is 5.69 Å². The van der Waals surface area contributed by atoms with Crippen molar-refractivity contribution in [2.24, 2.45) is 0 Å². The standard InChI is InChI=1S/C15H12FN3O/c16-12-6-4-5-11(9-12)15(20)14-10-17-18-19(14)13-7-2-1-3-8-13/h1-10,15,20H. The second-order valence-corrected chi connectivity index (χ2v) is 4.36. The number of benzene rings is 2. The molecule has 1 N–H and O–H groups in total. The Labute approximate surface area is 115 Å². The van der Waals surface area contributed by atoms with Crippen molar-refractivity contribution in [3.63, 3.8) is 0 Å². The topological polar surface area (TPSA) is 50.9 Å². The van der Waals surface area contributed by atoms with E-state index in [1.54, 1.807) is 12.1 Å². The highest BCUT2D eigenvalue weighted by Crippen LogP contribution is 2.23. The fourth-order valence-corrected chi connectivity index (χ4v) is 2.05. The van der Waals surface area contributed by atoms with Gasteiger partial charge in [-0.15, -0.1) is 5.10 Å². The van der Waals surface area contributed by atoms with Crippen LogP contribution in [0.5, 0.6) is 0 Å². The Morgan fingerprint density at radius 2 is 1.85 bits per heavy atom. The van der Waals surface area contributed by atoms with Gasteiger partial charge in [-0.1, -0.05) is 35.5 Å². The van der Waals surface area contributed by atoms with Crippen LogP contribution in [-0.2, 0) is 0 Å². The first-order valence-corrected chi connectivity index (χ1v) is 6.15. The maximum absolute atomic E-state index is 13.2. The van der Waals surface area contributed by atoms with E-state index in [1.807, 2.05) is 30.3 Å². The van der Waals surface area contributed by atoms with Gasteiger partial charge in [-0.05, 0) is 29.8 Å². The highest BCUT2D eigenvalue weighted by molar-refractivity contribution is 5.34. The van der Waals surface area contributed by atoms with E-state index in [-0.39, 0.29) is 5.82 Å². The molecular weight excluding hydrogens is 257 g/mol. The molecule has 1 atom stereocenters. The van der Waals surface area contributed by atoms with Gasteiger partial charge in [-0.3, -0.25) is 0 Å². The fraction of sp³-hybridized carbons (Fsp3) is 0.0667. The number of aromatic nitrogens is 3. The van der Waals surface area contributed by atoms with Crippen molar-refractivity contribution in [1.29, 1.82) is 0 Å². The lowest BCUT2D eigenvalue weighted by Gasteiger charge is -2.12. The Balaban J connectivity index is 2.02. The zero-order valence-electron chi connectivity index (χ0n) is 10.5. The molecule has 3 rings (SSSR count). The second-order valence-electron chi connectivity index (χ2n) is 4.36. The summed E-state index contributed by atoms with van der Waals surface area (Å²) >= 11 is 0. The number of nitrogens with zero attached hydrogens (tertiary/aromatic N) is 3. The van der Waals surface area contributed by atoms with Gasteiger partial charge in [0.15, 0.2) is 0 Å². The molecule has 3 aromatic rings. The molecule has 0 amide bonds. The van der Waals surface area contributed by atoms with Crippen molar-refractivity contribution in [2.45, 2.75) is 6.10 Å². The van der Waals surface area contributed by atoms with Crippen LogP contribution in [0.15, 0.2) is 60.8 Å². The van der Waals surface area contributed by atoms with Gasteiger partial charge in [0.25, 0.3) is 0 Å². The second kappa shape index (κ2) is 5.22. The normalized spacial score (nSPS) is 12.3. The van der Waals surface area contributed by atoms with Gasteiger partial charge in [-0.25, -0.2) is 9.07 Å². The smallest absolute Gasteiger partial charge is 0.123 e. The molecule has 0 fully saturated rings. The van der Waals surface area contributed by atoms with Crippen molar-refractivity contribution >= 4 is 0 Å². The molecule has 0 aliphatic rings. The van der Waals surface area contributed by atoms with E-state index in [0.29, 0.717) is 11.3 Å². The third-order valence-electron chi connectivity index (χ3n) is 3.02. The maximum Gasteiger partial charge on any atom is 0.123 e. The largest absolute Gasteiger partial charge is 0.382 e. The van der Waals surface area contributed by atoms with E-state index in [1.165, 1.54) is 23.0 Å². The summed E-state index contributed by atoms with van der Waals surface area (Å²) in [6, 6.07) is 15.2. The molecule has 0 saturated carbocycles. The van der Waals surface area contributed by atoms with Crippen molar-refractivity contribution in [2.75, 3.05) is 0 Å². The molecule has 0 saturated heterocycles. The molecule has 0 aliphatic carbocycles. The van der Waals surface area contributed by atoms with Gasteiger partial charge in [-0.2, -0.15) is 0 Å². The predicted molar refractivity (Wildman–Crippen MR) is 71.8 cm³/mol. The van der Waals surface area contributed by atoms with E-state index in [2.05, 4.69) is 10.3 Å². The molecule has 0 aliphatic heterocycles. The third kappa shape index (κ3) is 2.31. The number of hydrogen-bond donors (Lipinski definition) is 1. The van der Waals surface area contributed by atoms with Crippen LogP contribution in [0.2, 0.25) is 0 Å². The van der Waals surface area contributed by atoms with Crippen LogP contribution >= 0.6 is 0 Å². The van der Waals surface area contributed by atoms with Crippen LogP contribution in [-0.4, -0.2) is 20.1 Å². The van der Waals surface area contributed by atoms with Crippen LogP contribution in [0.1, 0.15) is 17.4 Å². The summed E-state index contributed by atoms with van der Waals surface area (Å²) in [4.78, 5) is 0. The lowest BCUT2D eigenvalue weighted by molar-refractivity contribution is 0.211. The Morgan fingerprint density at radius 1 is 1.05 bits per heavy atom. The molecule has 0 bridgehead atoms. The molecule has 1 aromatic heterocycles. The molecule has 1 unspecified atom stereocenters. The minimum atomic E-state index is -0.985.